The molecular weight excluding hydrogens is 238 g/mol. The summed E-state index contributed by atoms with van der Waals surface area (Å²) in [7, 11) is 0. The number of thioether (sulfide) groups is 1. The third-order valence-electron chi connectivity index (χ3n) is 2.43. The van der Waals surface area contributed by atoms with Crippen molar-refractivity contribution in [3.05, 3.63) is 23.8 Å². The molecule has 0 fully saturated rings. The van der Waals surface area contributed by atoms with E-state index in [1.165, 1.54) is 25.6 Å². The zero-order valence-electron chi connectivity index (χ0n) is 9.61. The fraction of sp³-hybridized carbons (Fsp3) is 0.333. The van der Waals surface area contributed by atoms with Crippen molar-refractivity contribution in [1.29, 1.82) is 0 Å². The van der Waals surface area contributed by atoms with Crippen molar-refractivity contribution < 1.29 is 14.7 Å². The first-order chi connectivity index (χ1) is 7.88. The van der Waals surface area contributed by atoms with Crippen LogP contribution in [0.5, 0.6) is 0 Å². The Labute approximate surface area is 103 Å². The van der Waals surface area contributed by atoms with Gasteiger partial charge in [0, 0.05) is 10.5 Å². The van der Waals surface area contributed by atoms with E-state index in [0.717, 1.165) is 4.90 Å². The lowest BCUT2D eigenvalue weighted by Crippen LogP contribution is -2.31. The number of nitrogens with one attached hydrogen (secondary N) is 1. The van der Waals surface area contributed by atoms with Crippen molar-refractivity contribution in [1.82, 2.24) is 0 Å². The van der Waals surface area contributed by atoms with Gasteiger partial charge in [-0.05, 0) is 26.0 Å². The van der Waals surface area contributed by atoms with Crippen LogP contribution in [0.25, 0.3) is 0 Å². The van der Waals surface area contributed by atoms with Gasteiger partial charge in [-0.2, -0.15) is 0 Å². The van der Waals surface area contributed by atoms with Gasteiger partial charge in [0.15, 0.2) is 5.78 Å². The third kappa shape index (κ3) is 2.50. The van der Waals surface area contributed by atoms with E-state index in [9.17, 15) is 14.7 Å². The fourth-order valence-electron chi connectivity index (χ4n) is 1.58. The lowest BCUT2D eigenvalue weighted by molar-refractivity contribution is -0.113. The van der Waals surface area contributed by atoms with Gasteiger partial charge in [0.1, 0.15) is 5.60 Å². The highest BCUT2D eigenvalue weighted by molar-refractivity contribution is 8.00. The summed E-state index contributed by atoms with van der Waals surface area (Å²) in [5.41, 5.74) is -0.361. The number of fused-ring (bicyclic) bond motifs is 1. The molecule has 0 aromatic heterocycles. The second-order valence-corrected chi connectivity index (χ2v) is 5.45. The van der Waals surface area contributed by atoms with Crippen molar-refractivity contribution in [2.45, 2.75) is 24.3 Å². The summed E-state index contributed by atoms with van der Waals surface area (Å²) in [5.74, 6) is -0.0355. The van der Waals surface area contributed by atoms with Crippen molar-refractivity contribution >= 4 is 29.1 Å². The molecule has 1 heterocycles. The van der Waals surface area contributed by atoms with E-state index in [1.54, 1.807) is 18.2 Å². The van der Waals surface area contributed by atoms with Crippen LogP contribution in [0, 0.1) is 0 Å². The summed E-state index contributed by atoms with van der Waals surface area (Å²) in [4.78, 5) is 24.0. The second kappa shape index (κ2) is 4.16. The molecular formula is C12H13NO3S. The van der Waals surface area contributed by atoms with Gasteiger partial charge < -0.3 is 10.4 Å². The molecule has 0 unspecified atom stereocenters. The molecule has 17 heavy (non-hydrogen) atoms. The minimum absolute atomic E-state index is 0.0737. The molecule has 2 rings (SSSR count). The lowest BCUT2D eigenvalue weighted by atomic mass is 9.96. The summed E-state index contributed by atoms with van der Waals surface area (Å²) < 4.78 is 0. The van der Waals surface area contributed by atoms with E-state index in [0.29, 0.717) is 17.0 Å². The van der Waals surface area contributed by atoms with Crippen LogP contribution < -0.4 is 5.32 Å². The van der Waals surface area contributed by atoms with Gasteiger partial charge in [0.05, 0.1) is 11.4 Å². The molecule has 1 aliphatic rings. The maximum atomic E-state index is 11.9. The van der Waals surface area contributed by atoms with E-state index in [-0.39, 0.29) is 11.7 Å². The first-order valence-electron chi connectivity index (χ1n) is 5.22. The molecule has 5 heteroatoms. The summed E-state index contributed by atoms with van der Waals surface area (Å²) in [6.45, 7) is 2.89. The van der Waals surface area contributed by atoms with Crippen LogP contribution in [0.15, 0.2) is 23.1 Å². The SMILES string of the molecule is CC(C)(O)C(=O)c1ccc2c(c1)NC(=O)CS2. The smallest absolute Gasteiger partial charge is 0.234 e. The predicted octanol–water partition coefficient (Wildman–Crippen LogP) is 1.68. The Balaban J connectivity index is 2.37. The van der Waals surface area contributed by atoms with E-state index >= 15 is 0 Å². The maximum absolute atomic E-state index is 11.9. The van der Waals surface area contributed by atoms with Crippen LogP contribution in [0.4, 0.5) is 5.69 Å². The van der Waals surface area contributed by atoms with Crippen LogP contribution in [0.1, 0.15) is 24.2 Å². The zero-order chi connectivity index (χ0) is 12.6. The highest BCUT2D eigenvalue weighted by Gasteiger charge is 2.26. The van der Waals surface area contributed by atoms with Gasteiger partial charge in [-0.15, -0.1) is 11.8 Å². The molecule has 0 spiro atoms. The van der Waals surface area contributed by atoms with Gasteiger partial charge in [0.25, 0.3) is 0 Å². The number of Topliss-reactive ketones (excluding diaryl/α,β-unsaturated/α-hetero) is 1. The molecule has 1 aromatic rings. The van der Waals surface area contributed by atoms with Crippen molar-refractivity contribution in [2.24, 2.45) is 0 Å². The molecule has 0 saturated heterocycles. The number of amides is 1. The van der Waals surface area contributed by atoms with Crippen LogP contribution in [0.2, 0.25) is 0 Å². The van der Waals surface area contributed by atoms with E-state index in [1.807, 2.05) is 0 Å². The topological polar surface area (TPSA) is 66.4 Å². The summed E-state index contributed by atoms with van der Waals surface area (Å²) >= 11 is 1.44. The first kappa shape index (κ1) is 12.1. The zero-order valence-corrected chi connectivity index (χ0v) is 10.4. The number of anilines is 1. The number of benzene rings is 1. The predicted molar refractivity (Wildman–Crippen MR) is 66.4 cm³/mol. The molecule has 0 aliphatic carbocycles. The third-order valence-corrected chi connectivity index (χ3v) is 3.50. The van der Waals surface area contributed by atoms with Gasteiger partial charge in [-0.1, -0.05) is 6.07 Å². The Hall–Kier alpha value is -1.33. The number of hydrogen-bond donors (Lipinski definition) is 2. The standard InChI is InChI=1S/C12H13NO3S/c1-12(2,16)11(15)7-3-4-9-8(5-7)13-10(14)6-17-9/h3-5,16H,6H2,1-2H3,(H,13,14). The maximum Gasteiger partial charge on any atom is 0.234 e. The van der Waals surface area contributed by atoms with Gasteiger partial charge in [0.2, 0.25) is 5.91 Å². The van der Waals surface area contributed by atoms with Crippen molar-refractivity contribution in [3.63, 3.8) is 0 Å². The number of carbonyl (C=O) groups excluding carboxylic acids is 2. The van der Waals surface area contributed by atoms with Crippen molar-refractivity contribution in [2.75, 3.05) is 11.1 Å². The fourth-order valence-corrected chi connectivity index (χ4v) is 2.37. The molecule has 0 atom stereocenters. The molecule has 90 valence electrons. The van der Waals surface area contributed by atoms with Crippen LogP contribution in [-0.4, -0.2) is 28.2 Å². The summed E-state index contributed by atoms with van der Waals surface area (Å²) in [6, 6.07) is 5.07. The Morgan fingerprint density at radius 1 is 1.47 bits per heavy atom. The number of rotatable bonds is 2. The number of ketones is 1. The second-order valence-electron chi connectivity index (χ2n) is 4.44. The highest BCUT2D eigenvalue weighted by atomic mass is 32.2. The molecule has 2 N–H and O–H groups in total. The molecule has 4 nitrogen and oxygen atoms in total. The van der Waals surface area contributed by atoms with Gasteiger partial charge >= 0.3 is 0 Å². The number of carbonyl (C=O) groups is 2. The van der Waals surface area contributed by atoms with Crippen LogP contribution in [-0.2, 0) is 4.79 Å². The first-order valence-corrected chi connectivity index (χ1v) is 6.20. The average molecular weight is 251 g/mol. The van der Waals surface area contributed by atoms with Gasteiger partial charge in [-0.3, -0.25) is 9.59 Å². The van der Waals surface area contributed by atoms with E-state index < -0.39 is 5.60 Å². The normalized spacial score (nSPS) is 15.1. The average Bonchev–Trinajstić information content (AvgIpc) is 2.25. The minimum atomic E-state index is -1.40. The molecule has 0 bridgehead atoms. The van der Waals surface area contributed by atoms with E-state index in [4.69, 9.17) is 0 Å². The molecule has 1 aromatic carbocycles. The molecule has 0 radical (unpaired) electrons. The molecule has 1 aliphatic heterocycles. The highest BCUT2D eigenvalue weighted by Crippen LogP contribution is 2.32. The Morgan fingerprint density at radius 3 is 2.82 bits per heavy atom. The largest absolute Gasteiger partial charge is 0.382 e. The molecule has 0 saturated carbocycles. The summed E-state index contributed by atoms with van der Waals surface area (Å²) in [5, 5.41) is 12.4. The van der Waals surface area contributed by atoms with Crippen LogP contribution >= 0.6 is 11.8 Å². The van der Waals surface area contributed by atoms with Gasteiger partial charge in [-0.25, -0.2) is 0 Å². The van der Waals surface area contributed by atoms with Crippen LogP contribution in [0.3, 0.4) is 0 Å². The number of hydrogen-bond acceptors (Lipinski definition) is 4. The minimum Gasteiger partial charge on any atom is -0.382 e. The summed E-state index contributed by atoms with van der Waals surface area (Å²) in [6.07, 6.45) is 0. The van der Waals surface area contributed by atoms with Crippen molar-refractivity contribution in [3.8, 4) is 0 Å². The number of aliphatic hydroxyl groups is 1. The Kier molecular flexibility index (Phi) is 2.97. The Bertz CT molecular complexity index is 491. The quantitative estimate of drug-likeness (QED) is 0.785. The molecule has 1 amide bonds. The van der Waals surface area contributed by atoms with E-state index in [2.05, 4.69) is 5.32 Å². The monoisotopic (exact) mass is 251 g/mol. The Morgan fingerprint density at radius 2 is 2.18 bits per heavy atom. The lowest BCUT2D eigenvalue weighted by Gasteiger charge is -2.19.